The van der Waals surface area contributed by atoms with Gasteiger partial charge in [0.1, 0.15) is 0 Å². The molecule has 0 atom stereocenters. The molecular formula is C27H19NO2. The second-order valence-corrected chi connectivity index (χ2v) is 7.38. The largest absolute Gasteiger partial charge is 0.303 e. The predicted octanol–water partition coefficient (Wildman–Crippen LogP) is 5.65. The molecule has 5 rings (SSSR count). The third kappa shape index (κ3) is 3.20. The molecular weight excluding hydrogens is 370 g/mol. The van der Waals surface area contributed by atoms with Crippen molar-refractivity contribution >= 4 is 33.7 Å². The Labute approximate surface area is 174 Å². The van der Waals surface area contributed by atoms with E-state index in [1.807, 2.05) is 97.1 Å². The molecule has 0 aromatic heterocycles. The van der Waals surface area contributed by atoms with Crippen molar-refractivity contribution in [2.75, 3.05) is 4.90 Å². The summed E-state index contributed by atoms with van der Waals surface area (Å²) in [6.45, 7) is 0.470. The zero-order valence-electron chi connectivity index (χ0n) is 16.3. The minimum atomic E-state index is -0.166. The minimum absolute atomic E-state index is 0.144. The van der Waals surface area contributed by atoms with Gasteiger partial charge < -0.3 is 4.90 Å². The van der Waals surface area contributed by atoms with Crippen molar-refractivity contribution in [2.24, 2.45) is 0 Å². The number of amides is 1. The van der Waals surface area contributed by atoms with Crippen LogP contribution in [0, 0.1) is 0 Å². The molecule has 3 nitrogen and oxygen atoms in total. The molecule has 0 fully saturated rings. The van der Waals surface area contributed by atoms with Crippen molar-refractivity contribution in [3.8, 4) is 0 Å². The van der Waals surface area contributed by atoms with Gasteiger partial charge in [-0.15, -0.1) is 0 Å². The lowest BCUT2D eigenvalue weighted by molar-refractivity contribution is -0.113. The molecule has 4 aromatic carbocycles. The smallest absolute Gasteiger partial charge is 0.259 e. The summed E-state index contributed by atoms with van der Waals surface area (Å²) in [7, 11) is 0. The van der Waals surface area contributed by atoms with E-state index in [1.165, 1.54) is 6.08 Å². The van der Waals surface area contributed by atoms with E-state index >= 15 is 0 Å². The molecule has 1 aliphatic heterocycles. The van der Waals surface area contributed by atoms with Crippen LogP contribution in [0.2, 0.25) is 0 Å². The number of allylic oxidation sites excluding steroid dienone is 1. The van der Waals surface area contributed by atoms with E-state index in [9.17, 15) is 9.59 Å². The molecule has 0 bridgehead atoms. The van der Waals surface area contributed by atoms with Crippen LogP contribution in [-0.2, 0) is 11.3 Å². The van der Waals surface area contributed by atoms with Crippen molar-refractivity contribution in [1.82, 2.24) is 0 Å². The number of para-hydroxylation sites is 1. The third-order valence-corrected chi connectivity index (χ3v) is 5.45. The molecule has 30 heavy (non-hydrogen) atoms. The van der Waals surface area contributed by atoms with Gasteiger partial charge in [-0.1, -0.05) is 84.9 Å². The minimum Gasteiger partial charge on any atom is -0.303 e. The van der Waals surface area contributed by atoms with E-state index in [-0.39, 0.29) is 11.7 Å². The first kappa shape index (κ1) is 18.1. The number of fused-ring (bicyclic) bond motifs is 2. The molecule has 1 heterocycles. The van der Waals surface area contributed by atoms with Crippen LogP contribution in [0.25, 0.3) is 16.3 Å². The van der Waals surface area contributed by atoms with Gasteiger partial charge in [0, 0.05) is 11.1 Å². The van der Waals surface area contributed by atoms with Gasteiger partial charge in [0.15, 0.2) is 5.78 Å². The molecule has 0 radical (unpaired) electrons. The zero-order valence-corrected chi connectivity index (χ0v) is 16.3. The quantitative estimate of drug-likeness (QED) is 0.334. The molecule has 3 heteroatoms. The average Bonchev–Trinajstić information content (AvgIpc) is 3.05. The van der Waals surface area contributed by atoms with Crippen LogP contribution in [0.1, 0.15) is 21.5 Å². The first-order valence-corrected chi connectivity index (χ1v) is 9.91. The Hall–Kier alpha value is -3.98. The number of carbonyl (C=O) groups excluding carboxylic acids is 2. The Kier molecular flexibility index (Phi) is 4.49. The van der Waals surface area contributed by atoms with Crippen molar-refractivity contribution in [2.45, 2.75) is 6.54 Å². The highest BCUT2D eigenvalue weighted by Gasteiger charge is 2.32. The highest BCUT2D eigenvalue weighted by atomic mass is 16.2. The van der Waals surface area contributed by atoms with E-state index in [0.29, 0.717) is 17.7 Å². The van der Waals surface area contributed by atoms with Gasteiger partial charge in [-0.05, 0) is 34.5 Å². The van der Waals surface area contributed by atoms with Crippen molar-refractivity contribution in [3.63, 3.8) is 0 Å². The Morgan fingerprint density at radius 1 is 0.767 bits per heavy atom. The zero-order chi connectivity index (χ0) is 20.5. The van der Waals surface area contributed by atoms with Gasteiger partial charge in [0.05, 0.1) is 17.8 Å². The van der Waals surface area contributed by atoms with Gasteiger partial charge in [-0.25, -0.2) is 0 Å². The van der Waals surface area contributed by atoms with E-state index in [4.69, 9.17) is 0 Å². The van der Waals surface area contributed by atoms with Crippen LogP contribution in [-0.4, -0.2) is 11.7 Å². The molecule has 0 saturated heterocycles. The second-order valence-electron chi connectivity index (χ2n) is 7.38. The lowest BCUT2D eigenvalue weighted by Gasteiger charge is -2.17. The maximum absolute atomic E-state index is 13.3. The second kappa shape index (κ2) is 7.45. The molecule has 0 N–H and O–H groups in total. The maximum Gasteiger partial charge on any atom is 0.259 e. The summed E-state index contributed by atoms with van der Waals surface area (Å²) >= 11 is 0. The molecule has 1 aliphatic rings. The number of nitrogens with zero attached hydrogens (tertiary/aromatic N) is 1. The first-order chi connectivity index (χ1) is 14.7. The predicted molar refractivity (Wildman–Crippen MR) is 120 cm³/mol. The fraction of sp³-hybridized carbons (Fsp3) is 0.0370. The van der Waals surface area contributed by atoms with Gasteiger partial charge >= 0.3 is 0 Å². The Bertz CT molecular complexity index is 1300. The highest BCUT2D eigenvalue weighted by Crippen LogP contribution is 2.37. The standard InChI is InChI=1S/C27H19NO2/c29-26(22-15-14-20-10-4-5-11-21(20)16-22)17-24-23-12-6-7-13-25(23)28(27(24)30)18-19-8-2-1-3-9-19/h1-17H,18H2/b24-17+. The number of anilines is 1. The SMILES string of the molecule is O=C(/C=C1/C(=O)N(Cc2ccccc2)c2ccccc21)c1ccc2ccccc2c1. The van der Waals surface area contributed by atoms with Gasteiger partial charge in [-0.2, -0.15) is 0 Å². The number of ketones is 1. The lowest BCUT2D eigenvalue weighted by Crippen LogP contribution is -2.25. The van der Waals surface area contributed by atoms with Crippen LogP contribution in [0.5, 0.6) is 0 Å². The van der Waals surface area contributed by atoms with Crippen LogP contribution < -0.4 is 4.90 Å². The molecule has 0 saturated carbocycles. The van der Waals surface area contributed by atoms with Crippen LogP contribution >= 0.6 is 0 Å². The number of carbonyl (C=O) groups is 2. The topological polar surface area (TPSA) is 37.4 Å². The monoisotopic (exact) mass is 389 g/mol. The summed E-state index contributed by atoms with van der Waals surface area (Å²) in [5.41, 5.74) is 3.70. The summed E-state index contributed by atoms with van der Waals surface area (Å²) in [5.74, 6) is -0.311. The number of rotatable bonds is 4. The van der Waals surface area contributed by atoms with Crippen molar-refractivity contribution in [3.05, 3.63) is 120 Å². The Balaban J connectivity index is 1.52. The first-order valence-electron chi connectivity index (χ1n) is 9.91. The molecule has 0 aliphatic carbocycles. The van der Waals surface area contributed by atoms with Crippen LogP contribution in [0.15, 0.2) is 103 Å². The lowest BCUT2D eigenvalue weighted by atomic mass is 10.0. The summed E-state index contributed by atoms with van der Waals surface area (Å²) < 4.78 is 0. The van der Waals surface area contributed by atoms with E-state index in [0.717, 1.165) is 27.6 Å². The summed E-state index contributed by atoms with van der Waals surface area (Å²) in [4.78, 5) is 28.0. The fourth-order valence-electron chi connectivity index (χ4n) is 3.93. The molecule has 0 spiro atoms. The average molecular weight is 389 g/mol. The van der Waals surface area contributed by atoms with Crippen LogP contribution in [0.4, 0.5) is 5.69 Å². The summed E-state index contributed by atoms with van der Waals surface area (Å²) in [6, 6.07) is 31.1. The fourth-order valence-corrected chi connectivity index (χ4v) is 3.93. The van der Waals surface area contributed by atoms with E-state index in [2.05, 4.69) is 0 Å². The Morgan fingerprint density at radius 2 is 1.47 bits per heavy atom. The molecule has 0 unspecified atom stereocenters. The summed E-state index contributed by atoms with van der Waals surface area (Å²) in [6.07, 6.45) is 1.48. The van der Waals surface area contributed by atoms with E-state index < -0.39 is 0 Å². The van der Waals surface area contributed by atoms with Gasteiger partial charge in [-0.3, -0.25) is 9.59 Å². The molecule has 4 aromatic rings. The van der Waals surface area contributed by atoms with Gasteiger partial charge in [0.2, 0.25) is 0 Å². The third-order valence-electron chi connectivity index (χ3n) is 5.45. The normalized spacial score (nSPS) is 14.3. The highest BCUT2D eigenvalue weighted by molar-refractivity contribution is 6.35. The maximum atomic E-state index is 13.3. The number of hydrogen-bond donors (Lipinski definition) is 0. The van der Waals surface area contributed by atoms with E-state index in [1.54, 1.807) is 4.90 Å². The molecule has 1 amide bonds. The van der Waals surface area contributed by atoms with Crippen LogP contribution in [0.3, 0.4) is 0 Å². The number of hydrogen-bond acceptors (Lipinski definition) is 2. The van der Waals surface area contributed by atoms with Crippen molar-refractivity contribution in [1.29, 1.82) is 0 Å². The Morgan fingerprint density at radius 3 is 2.30 bits per heavy atom. The summed E-state index contributed by atoms with van der Waals surface area (Å²) in [5, 5.41) is 2.09. The van der Waals surface area contributed by atoms with Crippen molar-refractivity contribution < 1.29 is 9.59 Å². The van der Waals surface area contributed by atoms with Gasteiger partial charge in [0.25, 0.3) is 5.91 Å². The molecule has 144 valence electrons. The number of benzene rings is 4.